The highest BCUT2D eigenvalue weighted by Crippen LogP contribution is 2.09. The van der Waals surface area contributed by atoms with Crippen LogP contribution in [0, 0.1) is 0 Å². The number of carbonyl (C=O) groups excluding carboxylic acids is 1. The van der Waals surface area contributed by atoms with Crippen LogP contribution in [0.2, 0.25) is 0 Å². The van der Waals surface area contributed by atoms with E-state index in [1.807, 2.05) is 20.8 Å². The van der Waals surface area contributed by atoms with E-state index >= 15 is 0 Å². The number of carbonyl (C=O) groups is 2. The summed E-state index contributed by atoms with van der Waals surface area (Å²) in [4.78, 5) is 49.7. The minimum Gasteiger partial charge on any atom is -0.480 e. The molecule has 9 nitrogen and oxygen atoms in total. The number of aliphatic carboxylic acids is 1. The molecule has 1 amide bonds. The maximum Gasteiger partial charge on any atom is 0.328 e. The minimum atomic E-state index is -1.16. The summed E-state index contributed by atoms with van der Waals surface area (Å²) in [6.45, 7) is 5.76. The number of rotatable bonds is 8. The molecule has 0 bridgehead atoms. The molecular formula is C19H25N3O6. The first-order valence-electron chi connectivity index (χ1n) is 8.96. The van der Waals surface area contributed by atoms with Gasteiger partial charge in [-0.15, -0.1) is 0 Å². The number of nitrogens with one attached hydrogen (secondary N) is 2. The van der Waals surface area contributed by atoms with E-state index in [2.05, 4.69) is 10.3 Å². The van der Waals surface area contributed by atoms with Crippen molar-refractivity contribution in [2.75, 3.05) is 6.61 Å². The number of amides is 1. The van der Waals surface area contributed by atoms with Crippen LogP contribution in [0.15, 0.2) is 33.9 Å². The van der Waals surface area contributed by atoms with Crippen molar-refractivity contribution in [3.8, 4) is 0 Å². The third kappa shape index (κ3) is 5.78. The van der Waals surface area contributed by atoms with Crippen molar-refractivity contribution in [3.63, 3.8) is 0 Å². The Kier molecular flexibility index (Phi) is 6.74. The van der Waals surface area contributed by atoms with Crippen molar-refractivity contribution in [1.82, 2.24) is 14.9 Å². The molecule has 0 saturated carbocycles. The molecule has 28 heavy (non-hydrogen) atoms. The van der Waals surface area contributed by atoms with E-state index in [1.165, 1.54) is 4.57 Å². The number of carboxylic acids is 1. The zero-order valence-corrected chi connectivity index (χ0v) is 16.2. The average Bonchev–Trinajstić information content (AvgIpc) is 2.59. The fourth-order valence-electron chi connectivity index (χ4n) is 2.68. The third-order valence-electron chi connectivity index (χ3n) is 4.04. The molecule has 9 heteroatoms. The Bertz CT molecular complexity index is 970. The van der Waals surface area contributed by atoms with Gasteiger partial charge in [-0.25, -0.2) is 9.59 Å². The van der Waals surface area contributed by atoms with Crippen LogP contribution < -0.4 is 16.6 Å². The summed E-state index contributed by atoms with van der Waals surface area (Å²) in [7, 11) is 0. The molecular weight excluding hydrogens is 366 g/mol. The molecule has 1 unspecified atom stereocenters. The summed E-state index contributed by atoms with van der Waals surface area (Å²) >= 11 is 0. The number of benzene rings is 1. The van der Waals surface area contributed by atoms with Crippen molar-refractivity contribution in [1.29, 1.82) is 0 Å². The second-order valence-corrected chi connectivity index (χ2v) is 7.39. The Labute approximate surface area is 161 Å². The van der Waals surface area contributed by atoms with Crippen LogP contribution in [0.4, 0.5) is 0 Å². The van der Waals surface area contributed by atoms with Crippen molar-refractivity contribution >= 4 is 22.8 Å². The second-order valence-electron chi connectivity index (χ2n) is 7.39. The predicted octanol–water partition coefficient (Wildman–Crippen LogP) is 0.855. The fourth-order valence-corrected chi connectivity index (χ4v) is 2.68. The number of aryl methyl sites for hydroxylation is 1. The predicted molar refractivity (Wildman–Crippen MR) is 103 cm³/mol. The molecule has 1 aromatic carbocycles. The highest BCUT2D eigenvalue weighted by Gasteiger charge is 2.21. The number of carboxylic acid groups (broad SMARTS) is 1. The second kappa shape index (κ2) is 8.83. The first-order chi connectivity index (χ1) is 13.1. The normalized spacial score (nSPS) is 12.7. The van der Waals surface area contributed by atoms with Crippen molar-refractivity contribution < 1.29 is 19.4 Å². The first-order valence-corrected chi connectivity index (χ1v) is 8.96. The number of hydrogen-bond acceptors (Lipinski definition) is 5. The average molecular weight is 391 g/mol. The molecule has 0 spiro atoms. The number of ether oxygens (including phenoxy) is 1. The fraction of sp³-hybridized carbons (Fsp3) is 0.474. The Hall–Kier alpha value is -2.94. The van der Waals surface area contributed by atoms with E-state index in [9.17, 15) is 24.3 Å². The highest BCUT2D eigenvalue weighted by atomic mass is 16.5. The molecule has 0 aliphatic heterocycles. The van der Waals surface area contributed by atoms with Gasteiger partial charge in [0.05, 0.1) is 16.5 Å². The molecule has 0 radical (unpaired) electrons. The Balaban J connectivity index is 2.03. The maximum atomic E-state index is 12.2. The Morgan fingerprint density at radius 3 is 2.57 bits per heavy atom. The monoisotopic (exact) mass is 391 g/mol. The molecule has 2 aromatic rings. The van der Waals surface area contributed by atoms with Crippen LogP contribution in [-0.2, 0) is 20.9 Å². The van der Waals surface area contributed by atoms with Gasteiger partial charge in [0.1, 0.15) is 6.04 Å². The Morgan fingerprint density at radius 1 is 1.25 bits per heavy atom. The summed E-state index contributed by atoms with van der Waals surface area (Å²) in [5.41, 5.74) is -1.10. The largest absolute Gasteiger partial charge is 0.480 e. The van der Waals surface area contributed by atoms with Crippen LogP contribution in [-0.4, -0.2) is 44.8 Å². The molecule has 152 valence electrons. The summed E-state index contributed by atoms with van der Waals surface area (Å²) in [5, 5.41) is 12.1. The smallest absolute Gasteiger partial charge is 0.328 e. The molecule has 0 aliphatic rings. The number of aromatic nitrogens is 2. The quantitative estimate of drug-likeness (QED) is 0.612. The summed E-state index contributed by atoms with van der Waals surface area (Å²) in [5.74, 6) is -1.66. The lowest BCUT2D eigenvalue weighted by molar-refractivity contribution is -0.142. The first kappa shape index (κ1) is 21.4. The molecule has 0 fully saturated rings. The lowest BCUT2D eigenvalue weighted by Crippen LogP contribution is -2.42. The van der Waals surface area contributed by atoms with Crippen LogP contribution in [0.3, 0.4) is 0 Å². The van der Waals surface area contributed by atoms with Crippen LogP contribution >= 0.6 is 0 Å². The van der Waals surface area contributed by atoms with Gasteiger partial charge in [-0.2, -0.15) is 0 Å². The van der Waals surface area contributed by atoms with Crippen molar-refractivity contribution in [2.45, 2.75) is 51.8 Å². The van der Waals surface area contributed by atoms with Gasteiger partial charge in [0.15, 0.2) is 0 Å². The van der Waals surface area contributed by atoms with Gasteiger partial charge in [0.25, 0.3) is 5.56 Å². The molecule has 0 saturated heterocycles. The van der Waals surface area contributed by atoms with Gasteiger partial charge < -0.3 is 15.2 Å². The molecule has 1 atom stereocenters. The van der Waals surface area contributed by atoms with Crippen LogP contribution in [0.5, 0.6) is 0 Å². The van der Waals surface area contributed by atoms with Crippen molar-refractivity contribution in [3.05, 3.63) is 45.1 Å². The Morgan fingerprint density at radius 2 is 1.93 bits per heavy atom. The zero-order valence-electron chi connectivity index (χ0n) is 16.2. The van der Waals surface area contributed by atoms with Gasteiger partial charge in [-0.3, -0.25) is 19.1 Å². The molecule has 2 rings (SSSR count). The number of nitrogens with zero attached hydrogens (tertiary/aromatic N) is 1. The van der Waals surface area contributed by atoms with E-state index < -0.39 is 34.8 Å². The standard InChI is InChI=1S/C19H25N3O6/c1-19(2,3)28-11-9-13(17(25)26)20-15(23)8-10-22-14-7-5-4-6-12(14)16(24)21-18(22)27/h4-7,13H,8-11H2,1-3H3,(H,20,23)(H,25,26)(H,21,24,27). The maximum absolute atomic E-state index is 12.2. The lowest BCUT2D eigenvalue weighted by Gasteiger charge is -2.21. The summed E-state index contributed by atoms with van der Waals surface area (Å²) in [6.07, 6.45) is 0.0136. The lowest BCUT2D eigenvalue weighted by atomic mass is 10.1. The molecule has 3 N–H and O–H groups in total. The van der Waals surface area contributed by atoms with E-state index in [-0.39, 0.29) is 26.0 Å². The highest BCUT2D eigenvalue weighted by molar-refractivity contribution is 5.83. The van der Waals surface area contributed by atoms with Gasteiger partial charge in [-0.1, -0.05) is 12.1 Å². The number of aromatic amines is 1. The van der Waals surface area contributed by atoms with Gasteiger partial charge in [0, 0.05) is 26.0 Å². The van der Waals surface area contributed by atoms with Gasteiger partial charge >= 0.3 is 11.7 Å². The zero-order chi connectivity index (χ0) is 20.9. The van der Waals surface area contributed by atoms with Gasteiger partial charge in [0.2, 0.25) is 5.91 Å². The summed E-state index contributed by atoms with van der Waals surface area (Å²) < 4.78 is 6.79. The van der Waals surface area contributed by atoms with E-state index in [4.69, 9.17) is 4.74 Å². The van der Waals surface area contributed by atoms with E-state index in [0.29, 0.717) is 10.9 Å². The molecule has 1 aromatic heterocycles. The minimum absolute atomic E-state index is 0.00674. The topological polar surface area (TPSA) is 130 Å². The number of para-hydroxylation sites is 1. The molecule has 1 heterocycles. The van der Waals surface area contributed by atoms with E-state index in [0.717, 1.165) is 0 Å². The molecule has 0 aliphatic carbocycles. The van der Waals surface area contributed by atoms with Gasteiger partial charge in [-0.05, 0) is 32.9 Å². The number of fused-ring (bicyclic) bond motifs is 1. The van der Waals surface area contributed by atoms with Crippen LogP contribution in [0.1, 0.15) is 33.6 Å². The van der Waals surface area contributed by atoms with E-state index in [1.54, 1.807) is 24.3 Å². The number of H-pyrrole nitrogens is 1. The summed E-state index contributed by atoms with van der Waals surface area (Å²) in [6, 6.07) is 5.48. The van der Waals surface area contributed by atoms with Crippen LogP contribution in [0.25, 0.3) is 10.9 Å². The van der Waals surface area contributed by atoms with Crippen molar-refractivity contribution in [2.24, 2.45) is 0 Å². The third-order valence-corrected chi connectivity index (χ3v) is 4.04. The SMILES string of the molecule is CC(C)(C)OCCC(NC(=O)CCn1c(=O)[nH]c(=O)c2ccccc21)C(=O)O. The number of hydrogen-bond donors (Lipinski definition) is 3.